The summed E-state index contributed by atoms with van der Waals surface area (Å²) in [5, 5.41) is 0.884. The molecule has 0 N–H and O–H groups in total. The molecule has 154 valence electrons. The van der Waals surface area contributed by atoms with E-state index in [1.54, 1.807) is 18.2 Å². The van der Waals surface area contributed by atoms with Crippen LogP contribution < -0.4 is 0 Å². The zero-order chi connectivity index (χ0) is 20.1. The largest absolute Gasteiger partial charge is 0.343 e. The summed E-state index contributed by atoms with van der Waals surface area (Å²) in [6, 6.07) is 5.17. The quantitative estimate of drug-likeness (QED) is 0.632. The van der Waals surface area contributed by atoms with Crippen molar-refractivity contribution in [3.8, 4) is 0 Å². The zero-order valence-electron chi connectivity index (χ0n) is 16.6. The van der Waals surface area contributed by atoms with Crippen LogP contribution in [0.15, 0.2) is 18.2 Å². The molecule has 28 heavy (non-hydrogen) atoms. The second-order valence-electron chi connectivity index (χ2n) is 8.23. The van der Waals surface area contributed by atoms with Gasteiger partial charge in [-0.15, -0.1) is 0 Å². The van der Waals surface area contributed by atoms with Gasteiger partial charge in [0.05, 0.1) is 10.6 Å². The van der Waals surface area contributed by atoms with Gasteiger partial charge in [-0.1, -0.05) is 49.4 Å². The summed E-state index contributed by atoms with van der Waals surface area (Å²) in [5.74, 6) is 0.757. The molecule has 0 aromatic heterocycles. The fourth-order valence-corrected chi connectivity index (χ4v) is 4.78. The highest BCUT2D eigenvalue weighted by Gasteiger charge is 2.29. The maximum absolute atomic E-state index is 13.3. The van der Waals surface area contributed by atoms with E-state index in [-0.39, 0.29) is 17.9 Å². The first kappa shape index (κ1) is 21.4. The van der Waals surface area contributed by atoms with Crippen LogP contribution in [0.2, 0.25) is 10.0 Å². The molecule has 2 fully saturated rings. The molecule has 0 bridgehead atoms. The first-order valence-electron chi connectivity index (χ1n) is 10.5. The van der Waals surface area contributed by atoms with Gasteiger partial charge in [-0.3, -0.25) is 9.59 Å². The van der Waals surface area contributed by atoms with Crippen LogP contribution in [0, 0.1) is 5.92 Å². The number of likely N-dealkylation sites (tertiary alicyclic amines) is 1. The average molecular weight is 425 g/mol. The van der Waals surface area contributed by atoms with E-state index >= 15 is 0 Å². The lowest BCUT2D eigenvalue weighted by atomic mass is 9.93. The standard InChI is InChI=1S/C22H30Cl2N2O2/c1-16-9-12-25(13-10-16)21(27)11-14-26(18-5-3-2-4-6-18)22(28)19-8-7-17(23)15-20(19)24/h7-8,15-16,18H,2-6,9-14H2,1H3. The van der Waals surface area contributed by atoms with E-state index in [1.807, 2.05) is 9.80 Å². The van der Waals surface area contributed by atoms with E-state index in [0.717, 1.165) is 51.6 Å². The molecule has 4 nitrogen and oxygen atoms in total. The summed E-state index contributed by atoms with van der Waals surface area (Å²) in [5.41, 5.74) is 0.468. The van der Waals surface area contributed by atoms with Crippen LogP contribution in [0.25, 0.3) is 0 Å². The predicted molar refractivity (Wildman–Crippen MR) is 114 cm³/mol. The van der Waals surface area contributed by atoms with Crippen molar-refractivity contribution in [1.29, 1.82) is 0 Å². The number of carbonyl (C=O) groups is 2. The summed E-state index contributed by atoms with van der Waals surface area (Å²) in [7, 11) is 0. The Morgan fingerprint density at radius 1 is 1.07 bits per heavy atom. The minimum absolute atomic E-state index is 0.0892. The Kier molecular flexibility index (Phi) is 7.64. The summed E-state index contributed by atoms with van der Waals surface area (Å²) in [4.78, 5) is 29.8. The van der Waals surface area contributed by atoms with Crippen molar-refractivity contribution in [2.24, 2.45) is 5.92 Å². The molecule has 0 unspecified atom stereocenters. The van der Waals surface area contributed by atoms with Gasteiger partial charge < -0.3 is 9.80 Å². The molecular weight excluding hydrogens is 395 g/mol. The third-order valence-corrected chi connectivity index (χ3v) is 6.69. The van der Waals surface area contributed by atoms with Crippen molar-refractivity contribution in [3.05, 3.63) is 33.8 Å². The van der Waals surface area contributed by atoms with Crippen LogP contribution in [-0.2, 0) is 4.79 Å². The molecule has 0 radical (unpaired) electrons. The number of halogens is 2. The molecule has 1 aliphatic carbocycles. The average Bonchev–Trinajstić information content (AvgIpc) is 2.69. The first-order chi connectivity index (χ1) is 13.5. The van der Waals surface area contributed by atoms with Crippen LogP contribution >= 0.6 is 23.2 Å². The van der Waals surface area contributed by atoms with Crippen molar-refractivity contribution < 1.29 is 9.59 Å². The van der Waals surface area contributed by atoms with Gasteiger partial charge in [0.2, 0.25) is 5.91 Å². The van der Waals surface area contributed by atoms with Crippen LogP contribution in [0.1, 0.15) is 68.6 Å². The van der Waals surface area contributed by atoms with Crippen molar-refractivity contribution in [3.63, 3.8) is 0 Å². The maximum atomic E-state index is 13.3. The number of hydrogen-bond donors (Lipinski definition) is 0. The minimum atomic E-state index is -0.0892. The summed E-state index contributed by atoms with van der Waals surface area (Å²) in [6.45, 7) is 4.36. The minimum Gasteiger partial charge on any atom is -0.343 e. The van der Waals surface area contributed by atoms with Crippen molar-refractivity contribution >= 4 is 35.0 Å². The predicted octanol–water partition coefficient (Wildman–Crippen LogP) is 5.42. The van der Waals surface area contributed by atoms with Gasteiger partial charge in [0.15, 0.2) is 0 Å². The SMILES string of the molecule is CC1CCN(C(=O)CCN(C(=O)c2ccc(Cl)cc2Cl)C2CCCCC2)CC1. The molecule has 1 saturated heterocycles. The third kappa shape index (κ3) is 5.42. The van der Waals surface area contributed by atoms with E-state index in [4.69, 9.17) is 23.2 Å². The number of amides is 2. The number of hydrogen-bond acceptors (Lipinski definition) is 2. The van der Waals surface area contributed by atoms with E-state index in [1.165, 1.54) is 6.42 Å². The van der Waals surface area contributed by atoms with Crippen molar-refractivity contribution in [2.45, 2.75) is 64.3 Å². The van der Waals surface area contributed by atoms with Gasteiger partial charge in [0.25, 0.3) is 5.91 Å². The molecule has 1 aromatic carbocycles. The molecule has 6 heteroatoms. The normalized spacial score (nSPS) is 18.9. The fraction of sp³-hybridized carbons (Fsp3) is 0.636. The molecule has 2 aliphatic rings. The molecule has 1 saturated carbocycles. The molecular formula is C22H30Cl2N2O2. The summed E-state index contributed by atoms with van der Waals surface area (Å²) >= 11 is 12.3. The van der Waals surface area contributed by atoms with Crippen LogP contribution in [0.5, 0.6) is 0 Å². The van der Waals surface area contributed by atoms with E-state index in [9.17, 15) is 9.59 Å². The Labute approximate surface area is 178 Å². The monoisotopic (exact) mass is 424 g/mol. The Morgan fingerprint density at radius 2 is 1.75 bits per heavy atom. The van der Waals surface area contributed by atoms with Crippen LogP contribution in [-0.4, -0.2) is 47.3 Å². The third-order valence-electron chi connectivity index (χ3n) is 6.14. The van der Waals surface area contributed by atoms with Crippen molar-refractivity contribution in [2.75, 3.05) is 19.6 Å². The summed E-state index contributed by atoms with van der Waals surface area (Å²) in [6.07, 6.45) is 7.96. The molecule has 2 amide bonds. The second kappa shape index (κ2) is 9.98. The van der Waals surface area contributed by atoms with E-state index in [2.05, 4.69) is 6.92 Å². The van der Waals surface area contributed by atoms with Gasteiger partial charge in [-0.05, 0) is 49.8 Å². The van der Waals surface area contributed by atoms with Crippen LogP contribution in [0.3, 0.4) is 0 Å². The smallest absolute Gasteiger partial charge is 0.255 e. The fourth-order valence-electron chi connectivity index (χ4n) is 4.29. The van der Waals surface area contributed by atoms with Crippen LogP contribution in [0.4, 0.5) is 0 Å². The summed E-state index contributed by atoms with van der Waals surface area (Å²) < 4.78 is 0. The Bertz CT molecular complexity index is 696. The van der Waals surface area contributed by atoms with E-state index in [0.29, 0.717) is 34.5 Å². The molecule has 1 aliphatic heterocycles. The Morgan fingerprint density at radius 3 is 2.39 bits per heavy atom. The highest BCUT2D eigenvalue weighted by atomic mass is 35.5. The lowest BCUT2D eigenvalue weighted by Crippen LogP contribution is -2.45. The molecule has 3 rings (SSSR count). The van der Waals surface area contributed by atoms with Gasteiger partial charge in [0, 0.05) is 37.1 Å². The Balaban J connectivity index is 1.69. The lowest BCUT2D eigenvalue weighted by molar-refractivity contribution is -0.132. The molecule has 0 spiro atoms. The number of piperidine rings is 1. The number of nitrogens with zero attached hydrogens (tertiary/aromatic N) is 2. The van der Waals surface area contributed by atoms with Crippen molar-refractivity contribution in [1.82, 2.24) is 9.80 Å². The van der Waals surface area contributed by atoms with Gasteiger partial charge in [-0.25, -0.2) is 0 Å². The van der Waals surface area contributed by atoms with Gasteiger partial charge in [-0.2, -0.15) is 0 Å². The van der Waals surface area contributed by atoms with E-state index < -0.39 is 0 Å². The second-order valence-corrected chi connectivity index (χ2v) is 9.07. The first-order valence-corrected chi connectivity index (χ1v) is 11.2. The topological polar surface area (TPSA) is 40.6 Å². The van der Waals surface area contributed by atoms with Gasteiger partial charge >= 0.3 is 0 Å². The zero-order valence-corrected chi connectivity index (χ0v) is 18.1. The maximum Gasteiger partial charge on any atom is 0.255 e. The molecule has 1 heterocycles. The van der Waals surface area contributed by atoms with Gasteiger partial charge in [0.1, 0.15) is 0 Å². The molecule has 1 aromatic rings. The lowest BCUT2D eigenvalue weighted by Gasteiger charge is -2.36. The number of benzene rings is 1. The molecule has 0 atom stereocenters. The number of carbonyl (C=O) groups excluding carboxylic acids is 2. The Hall–Kier alpha value is -1.26. The number of rotatable bonds is 5. The highest BCUT2D eigenvalue weighted by Crippen LogP contribution is 2.28. The highest BCUT2D eigenvalue weighted by molar-refractivity contribution is 6.36.